The van der Waals surface area contributed by atoms with Gasteiger partial charge in [0.2, 0.25) is 5.91 Å². The lowest BCUT2D eigenvalue weighted by Crippen LogP contribution is -2.53. The van der Waals surface area contributed by atoms with E-state index in [1.54, 1.807) is 17.2 Å². The number of likely N-dealkylation sites (tertiary alicyclic amines) is 1. The molecule has 180 valence electrons. The summed E-state index contributed by atoms with van der Waals surface area (Å²) in [7, 11) is 1.87. The van der Waals surface area contributed by atoms with Crippen molar-refractivity contribution in [3.05, 3.63) is 34.4 Å². The van der Waals surface area contributed by atoms with Gasteiger partial charge in [-0.2, -0.15) is 5.10 Å². The predicted molar refractivity (Wildman–Crippen MR) is 131 cm³/mol. The summed E-state index contributed by atoms with van der Waals surface area (Å²) in [5.74, 6) is 1.06. The Morgan fingerprint density at radius 2 is 1.85 bits per heavy atom. The predicted octanol–water partition coefficient (Wildman–Crippen LogP) is 1.28. The monoisotopic (exact) mass is 482 g/mol. The van der Waals surface area contributed by atoms with E-state index in [-0.39, 0.29) is 17.9 Å². The van der Waals surface area contributed by atoms with Crippen LogP contribution < -0.4 is 10.2 Å². The topological polar surface area (TPSA) is 99.5 Å². The highest BCUT2D eigenvalue weighted by Gasteiger charge is 2.27. The number of piperidine rings is 1. The number of aromatic nitrogens is 4. The van der Waals surface area contributed by atoms with Crippen molar-refractivity contribution in [3.8, 4) is 0 Å². The molecule has 2 aliphatic rings. The van der Waals surface area contributed by atoms with Gasteiger partial charge in [-0.05, 0) is 31.9 Å². The molecule has 0 atom stereocenters. The molecule has 0 unspecified atom stereocenters. The molecule has 0 bridgehead atoms. The lowest BCUT2D eigenvalue weighted by Gasteiger charge is -2.37. The fourth-order valence-electron chi connectivity index (χ4n) is 4.71. The smallest absolute Gasteiger partial charge is 0.261 e. The van der Waals surface area contributed by atoms with Gasteiger partial charge in [0.05, 0.1) is 23.0 Å². The molecule has 3 aromatic heterocycles. The third-order valence-electron chi connectivity index (χ3n) is 6.69. The standard InChI is InChI=1S/C23H30N8O2S/c1-16-3-4-19(34-16)23(33)27-17-5-7-29(8-6-17)14-20(32)30-9-11-31(12-10-30)22-18-13-26-28(2)21(18)24-15-25-22/h3-4,13,15,17H,5-12,14H2,1-2H3,(H,27,33). The number of nitrogens with one attached hydrogen (secondary N) is 1. The zero-order valence-electron chi connectivity index (χ0n) is 19.6. The summed E-state index contributed by atoms with van der Waals surface area (Å²) in [6.45, 7) is 6.91. The van der Waals surface area contributed by atoms with E-state index in [2.05, 4.69) is 30.2 Å². The van der Waals surface area contributed by atoms with Gasteiger partial charge in [0.15, 0.2) is 5.65 Å². The molecule has 2 saturated heterocycles. The van der Waals surface area contributed by atoms with Crippen LogP contribution in [0.1, 0.15) is 27.4 Å². The summed E-state index contributed by atoms with van der Waals surface area (Å²) >= 11 is 1.52. The molecule has 2 amide bonds. The van der Waals surface area contributed by atoms with Crippen LogP contribution in [0.5, 0.6) is 0 Å². The van der Waals surface area contributed by atoms with E-state index in [9.17, 15) is 9.59 Å². The lowest BCUT2D eigenvalue weighted by molar-refractivity contribution is -0.133. The van der Waals surface area contributed by atoms with Crippen LogP contribution in [-0.2, 0) is 11.8 Å². The molecule has 0 spiro atoms. The minimum Gasteiger partial charge on any atom is -0.352 e. The van der Waals surface area contributed by atoms with Crippen molar-refractivity contribution in [2.45, 2.75) is 25.8 Å². The number of carbonyl (C=O) groups is 2. The first-order valence-electron chi connectivity index (χ1n) is 11.7. The van der Waals surface area contributed by atoms with Crippen molar-refractivity contribution < 1.29 is 9.59 Å². The summed E-state index contributed by atoms with van der Waals surface area (Å²) in [5, 5.41) is 8.38. The highest BCUT2D eigenvalue weighted by atomic mass is 32.1. The zero-order valence-corrected chi connectivity index (χ0v) is 20.4. The molecule has 5 rings (SSSR count). The Balaban J connectivity index is 1.08. The van der Waals surface area contributed by atoms with Crippen molar-refractivity contribution in [2.75, 3.05) is 50.7 Å². The third kappa shape index (κ3) is 4.76. The fraction of sp³-hybridized carbons (Fsp3) is 0.522. The van der Waals surface area contributed by atoms with E-state index in [1.165, 1.54) is 11.3 Å². The maximum absolute atomic E-state index is 12.9. The first-order chi connectivity index (χ1) is 16.5. The van der Waals surface area contributed by atoms with Crippen LogP contribution in [0.25, 0.3) is 11.0 Å². The second kappa shape index (κ2) is 9.67. The summed E-state index contributed by atoms with van der Waals surface area (Å²) in [6.07, 6.45) is 5.11. The molecule has 34 heavy (non-hydrogen) atoms. The SMILES string of the molecule is Cc1ccc(C(=O)NC2CCN(CC(=O)N3CCN(c4ncnc5c4cnn5C)CC3)CC2)s1. The average Bonchev–Trinajstić information content (AvgIpc) is 3.46. The van der Waals surface area contributed by atoms with Crippen LogP contribution in [0.15, 0.2) is 24.7 Å². The largest absolute Gasteiger partial charge is 0.352 e. The Kier molecular flexibility index (Phi) is 6.46. The molecule has 1 N–H and O–H groups in total. The number of amides is 2. The molecule has 0 aliphatic carbocycles. The van der Waals surface area contributed by atoms with Gasteiger partial charge in [0.25, 0.3) is 5.91 Å². The van der Waals surface area contributed by atoms with Gasteiger partial charge in [-0.25, -0.2) is 9.97 Å². The number of rotatable bonds is 5. The fourth-order valence-corrected chi connectivity index (χ4v) is 5.48. The van der Waals surface area contributed by atoms with Crippen molar-refractivity contribution >= 4 is 40.0 Å². The first-order valence-corrected chi connectivity index (χ1v) is 12.5. The average molecular weight is 483 g/mol. The summed E-state index contributed by atoms with van der Waals surface area (Å²) in [4.78, 5) is 42.4. The van der Waals surface area contributed by atoms with E-state index in [4.69, 9.17) is 0 Å². The molecule has 3 aromatic rings. The van der Waals surface area contributed by atoms with Crippen LogP contribution in [0.3, 0.4) is 0 Å². The first kappa shape index (κ1) is 22.7. The Morgan fingerprint density at radius 1 is 1.09 bits per heavy atom. The van der Waals surface area contributed by atoms with Gasteiger partial charge in [0.1, 0.15) is 12.1 Å². The van der Waals surface area contributed by atoms with Gasteiger partial charge in [-0.15, -0.1) is 11.3 Å². The Bertz CT molecular complexity index is 1170. The minimum absolute atomic E-state index is 0.0118. The van der Waals surface area contributed by atoms with Gasteiger partial charge in [0, 0.05) is 57.2 Å². The Hall–Kier alpha value is -3.05. The van der Waals surface area contributed by atoms with E-state index < -0.39 is 0 Å². The van der Waals surface area contributed by atoms with E-state index in [0.29, 0.717) is 19.6 Å². The van der Waals surface area contributed by atoms with Crippen LogP contribution in [0.2, 0.25) is 0 Å². The molecule has 2 fully saturated rings. The molecule has 10 nitrogen and oxygen atoms in total. The molecule has 0 radical (unpaired) electrons. The molecule has 11 heteroatoms. The normalized spacial score (nSPS) is 17.9. The number of hydrogen-bond acceptors (Lipinski definition) is 8. The molecule has 5 heterocycles. The van der Waals surface area contributed by atoms with Crippen molar-refractivity contribution in [3.63, 3.8) is 0 Å². The Morgan fingerprint density at radius 3 is 2.56 bits per heavy atom. The summed E-state index contributed by atoms with van der Waals surface area (Å²) < 4.78 is 1.75. The maximum Gasteiger partial charge on any atom is 0.261 e. The molecule has 2 aliphatic heterocycles. The summed E-state index contributed by atoms with van der Waals surface area (Å²) in [6, 6.07) is 4.02. The van der Waals surface area contributed by atoms with Gasteiger partial charge in [-0.1, -0.05) is 0 Å². The number of piperazine rings is 1. The number of aryl methyl sites for hydroxylation is 2. The molecule has 0 saturated carbocycles. The second-order valence-corrected chi connectivity index (χ2v) is 10.3. The third-order valence-corrected chi connectivity index (χ3v) is 7.69. The van der Waals surface area contributed by atoms with Crippen molar-refractivity contribution in [1.82, 2.24) is 34.9 Å². The second-order valence-electron chi connectivity index (χ2n) is 9.00. The maximum atomic E-state index is 12.9. The van der Waals surface area contributed by atoms with Crippen molar-refractivity contribution in [2.24, 2.45) is 7.05 Å². The molecular formula is C23H30N8O2S. The van der Waals surface area contributed by atoms with Gasteiger partial charge in [-0.3, -0.25) is 19.2 Å². The summed E-state index contributed by atoms with van der Waals surface area (Å²) in [5.41, 5.74) is 0.814. The quantitative estimate of drug-likeness (QED) is 0.585. The van der Waals surface area contributed by atoms with Crippen LogP contribution >= 0.6 is 11.3 Å². The number of thiophene rings is 1. The van der Waals surface area contributed by atoms with Gasteiger partial charge < -0.3 is 15.1 Å². The highest BCUT2D eigenvalue weighted by molar-refractivity contribution is 7.13. The van der Waals surface area contributed by atoms with Crippen LogP contribution in [0.4, 0.5) is 5.82 Å². The van der Waals surface area contributed by atoms with E-state index in [1.807, 2.05) is 31.0 Å². The lowest BCUT2D eigenvalue weighted by atomic mass is 10.0. The van der Waals surface area contributed by atoms with Crippen LogP contribution in [0, 0.1) is 6.92 Å². The van der Waals surface area contributed by atoms with Gasteiger partial charge >= 0.3 is 0 Å². The highest BCUT2D eigenvalue weighted by Crippen LogP contribution is 2.23. The Labute approximate surface area is 202 Å². The number of hydrogen-bond donors (Lipinski definition) is 1. The number of carbonyl (C=O) groups excluding carboxylic acids is 2. The number of fused-ring (bicyclic) bond motifs is 1. The van der Waals surface area contributed by atoms with E-state index in [0.717, 1.165) is 65.6 Å². The number of nitrogens with zero attached hydrogens (tertiary/aromatic N) is 7. The van der Waals surface area contributed by atoms with Crippen molar-refractivity contribution in [1.29, 1.82) is 0 Å². The molecular weight excluding hydrogens is 452 g/mol. The number of anilines is 1. The molecule has 0 aromatic carbocycles. The zero-order chi connectivity index (χ0) is 23.7. The van der Waals surface area contributed by atoms with E-state index >= 15 is 0 Å². The van der Waals surface area contributed by atoms with Crippen LogP contribution in [-0.4, -0.2) is 93.2 Å². The minimum atomic E-state index is 0.0118.